The second-order valence-electron chi connectivity index (χ2n) is 6.73. The molecule has 1 amide bonds. The van der Waals surface area contributed by atoms with E-state index >= 15 is 0 Å². The highest BCUT2D eigenvalue weighted by Gasteiger charge is 2.34. The molecule has 28 heavy (non-hydrogen) atoms. The van der Waals surface area contributed by atoms with Crippen LogP contribution in [0.15, 0.2) is 54.6 Å². The average Bonchev–Trinajstić information content (AvgIpc) is 3.05. The zero-order valence-corrected chi connectivity index (χ0v) is 16.7. The first-order valence-corrected chi connectivity index (χ1v) is 11.2. The van der Waals surface area contributed by atoms with Crippen molar-refractivity contribution in [2.45, 2.75) is 25.9 Å². The van der Waals surface area contributed by atoms with Crippen molar-refractivity contribution in [2.24, 2.45) is 0 Å². The molecule has 0 radical (unpaired) electrons. The minimum absolute atomic E-state index is 0.00110. The van der Waals surface area contributed by atoms with Crippen molar-refractivity contribution in [1.29, 1.82) is 0 Å². The summed E-state index contributed by atoms with van der Waals surface area (Å²) in [7, 11) is -3.10. The Morgan fingerprint density at radius 1 is 1.04 bits per heavy atom. The molecule has 3 rings (SSSR count). The Labute approximate surface area is 166 Å². The largest absolute Gasteiger partial charge is 0.490 e. The number of sulfone groups is 1. The maximum Gasteiger partial charge on any atom is 0.261 e. The van der Waals surface area contributed by atoms with Crippen molar-refractivity contribution in [1.82, 2.24) is 4.90 Å². The Bertz CT molecular complexity index is 898. The van der Waals surface area contributed by atoms with Crippen LogP contribution < -0.4 is 9.47 Å². The van der Waals surface area contributed by atoms with Gasteiger partial charge >= 0.3 is 0 Å². The van der Waals surface area contributed by atoms with E-state index in [2.05, 4.69) is 0 Å². The summed E-state index contributed by atoms with van der Waals surface area (Å²) in [6, 6.07) is 16.4. The molecule has 1 heterocycles. The van der Waals surface area contributed by atoms with Gasteiger partial charge in [-0.25, -0.2) is 8.42 Å². The van der Waals surface area contributed by atoms with Gasteiger partial charge in [-0.05, 0) is 31.0 Å². The van der Waals surface area contributed by atoms with E-state index in [0.29, 0.717) is 31.1 Å². The van der Waals surface area contributed by atoms with Gasteiger partial charge in [0.25, 0.3) is 5.91 Å². The molecule has 1 saturated heterocycles. The fourth-order valence-corrected chi connectivity index (χ4v) is 5.02. The molecule has 0 bridgehead atoms. The summed E-state index contributed by atoms with van der Waals surface area (Å²) < 4.78 is 35.1. The molecule has 2 aromatic carbocycles. The lowest BCUT2D eigenvalue weighted by molar-refractivity contribution is -0.136. The summed E-state index contributed by atoms with van der Waals surface area (Å²) in [5.74, 6) is 0.954. The molecule has 0 spiro atoms. The van der Waals surface area contributed by atoms with Crippen molar-refractivity contribution >= 4 is 15.7 Å². The fraction of sp³-hybridized carbons (Fsp3) is 0.381. The van der Waals surface area contributed by atoms with Crippen LogP contribution in [-0.4, -0.2) is 50.0 Å². The molecule has 0 N–H and O–H groups in total. The van der Waals surface area contributed by atoms with Gasteiger partial charge in [-0.15, -0.1) is 0 Å². The van der Waals surface area contributed by atoms with Crippen molar-refractivity contribution in [2.75, 3.05) is 24.7 Å². The predicted molar refractivity (Wildman–Crippen MR) is 107 cm³/mol. The number of hydrogen-bond donors (Lipinski definition) is 0. The van der Waals surface area contributed by atoms with Gasteiger partial charge in [0.2, 0.25) is 0 Å². The van der Waals surface area contributed by atoms with Crippen LogP contribution in [0.1, 0.15) is 18.9 Å². The molecule has 150 valence electrons. The van der Waals surface area contributed by atoms with Gasteiger partial charge in [-0.3, -0.25) is 4.79 Å². The summed E-state index contributed by atoms with van der Waals surface area (Å²) in [5.41, 5.74) is 0.954. The SMILES string of the molecule is CCOc1ccccc1OCC(=O)N(Cc1ccccc1)[C@@H]1CCS(=O)(=O)C1. The zero-order chi connectivity index (χ0) is 20.0. The van der Waals surface area contributed by atoms with Gasteiger partial charge in [0.1, 0.15) is 0 Å². The van der Waals surface area contributed by atoms with Crippen LogP contribution in [0, 0.1) is 0 Å². The summed E-state index contributed by atoms with van der Waals surface area (Å²) in [6.07, 6.45) is 0.455. The van der Waals surface area contributed by atoms with Gasteiger partial charge in [0, 0.05) is 12.6 Å². The zero-order valence-electron chi connectivity index (χ0n) is 15.9. The van der Waals surface area contributed by atoms with Gasteiger partial charge in [-0.1, -0.05) is 42.5 Å². The molecule has 0 aromatic heterocycles. The Balaban J connectivity index is 1.73. The highest BCUT2D eigenvalue weighted by atomic mass is 32.2. The van der Waals surface area contributed by atoms with Crippen LogP contribution in [0.4, 0.5) is 0 Å². The molecule has 1 atom stereocenters. The minimum atomic E-state index is -3.10. The first-order chi connectivity index (χ1) is 13.5. The second kappa shape index (κ2) is 9.10. The lowest BCUT2D eigenvalue weighted by Gasteiger charge is -2.28. The van der Waals surface area contributed by atoms with Crippen molar-refractivity contribution in [3.05, 3.63) is 60.2 Å². The summed E-state index contributed by atoms with van der Waals surface area (Å²) in [5, 5.41) is 0. The van der Waals surface area contributed by atoms with E-state index in [1.807, 2.05) is 49.4 Å². The smallest absolute Gasteiger partial charge is 0.261 e. The number of carbonyl (C=O) groups is 1. The predicted octanol–water partition coefficient (Wildman–Crippen LogP) is 2.68. The second-order valence-corrected chi connectivity index (χ2v) is 8.96. The number of hydrogen-bond acceptors (Lipinski definition) is 5. The van der Waals surface area contributed by atoms with E-state index in [1.165, 1.54) is 0 Å². The summed E-state index contributed by atoms with van der Waals surface area (Å²) in [6.45, 7) is 2.56. The molecule has 7 heteroatoms. The third-order valence-electron chi connectivity index (χ3n) is 4.67. The number of rotatable bonds is 8. The van der Waals surface area contributed by atoms with E-state index < -0.39 is 9.84 Å². The maximum atomic E-state index is 13.0. The third kappa shape index (κ3) is 5.25. The molecule has 1 aliphatic rings. The topological polar surface area (TPSA) is 72.9 Å². The third-order valence-corrected chi connectivity index (χ3v) is 6.42. The molecular formula is C21H25NO5S. The first-order valence-electron chi connectivity index (χ1n) is 9.37. The number of amides is 1. The molecule has 0 saturated carbocycles. The van der Waals surface area contributed by atoms with Gasteiger partial charge < -0.3 is 14.4 Å². The van der Waals surface area contributed by atoms with Gasteiger partial charge in [0.05, 0.1) is 18.1 Å². The molecule has 0 aliphatic carbocycles. The lowest BCUT2D eigenvalue weighted by atomic mass is 10.1. The quantitative estimate of drug-likeness (QED) is 0.678. The monoisotopic (exact) mass is 403 g/mol. The Morgan fingerprint density at radius 3 is 2.29 bits per heavy atom. The standard InChI is InChI=1S/C21H25NO5S/c1-2-26-19-10-6-7-11-20(19)27-15-21(23)22(14-17-8-4-3-5-9-17)18-12-13-28(24,25)16-18/h3-11,18H,2,12-16H2,1H3/t18-/m1/s1. The number of para-hydroxylation sites is 2. The van der Waals surface area contributed by atoms with Crippen LogP contribution in [0.2, 0.25) is 0 Å². The van der Waals surface area contributed by atoms with Gasteiger partial charge in [0.15, 0.2) is 27.9 Å². The number of ether oxygens (including phenoxy) is 2. The first kappa shape index (κ1) is 20.2. The average molecular weight is 404 g/mol. The van der Waals surface area contributed by atoms with E-state index in [1.54, 1.807) is 17.0 Å². The van der Waals surface area contributed by atoms with Crippen LogP contribution in [-0.2, 0) is 21.2 Å². The van der Waals surface area contributed by atoms with Crippen LogP contribution >= 0.6 is 0 Å². The van der Waals surface area contributed by atoms with E-state index in [-0.39, 0.29) is 30.1 Å². The van der Waals surface area contributed by atoms with Crippen molar-refractivity contribution in [3.8, 4) is 11.5 Å². The van der Waals surface area contributed by atoms with Crippen LogP contribution in [0.25, 0.3) is 0 Å². The Kier molecular flexibility index (Phi) is 6.57. The van der Waals surface area contributed by atoms with Crippen LogP contribution in [0.5, 0.6) is 11.5 Å². The lowest BCUT2D eigenvalue weighted by Crippen LogP contribution is -2.43. The summed E-state index contributed by atoms with van der Waals surface area (Å²) >= 11 is 0. The number of nitrogens with zero attached hydrogens (tertiary/aromatic N) is 1. The Hall–Kier alpha value is -2.54. The maximum absolute atomic E-state index is 13.0. The van der Waals surface area contributed by atoms with E-state index in [0.717, 1.165) is 5.56 Å². The molecule has 0 unspecified atom stereocenters. The van der Waals surface area contributed by atoms with Crippen molar-refractivity contribution < 1.29 is 22.7 Å². The van der Waals surface area contributed by atoms with E-state index in [9.17, 15) is 13.2 Å². The highest BCUT2D eigenvalue weighted by molar-refractivity contribution is 7.91. The molecular weight excluding hydrogens is 378 g/mol. The fourth-order valence-electron chi connectivity index (χ4n) is 3.29. The minimum Gasteiger partial charge on any atom is -0.490 e. The molecule has 2 aromatic rings. The van der Waals surface area contributed by atoms with Crippen LogP contribution in [0.3, 0.4) is 0 Å². The molecule has 6 nitrogen and oxygen atoms in total. The highest BCUT2D eigenvalue weighted by Crippen LogP contribution is 2.27. The normalized spacial score (nSPS) is 17.8. The van der Waals surface area contributed by atoms with Crippen molar-refractivity contribution in [3.63, 3.8) is 0 Å². The number of benzene rings is 2. The summed E-state index contributed by atoms with van der Waals surface area (Å²) in [4.78, 5) is 14.6. The van der Waals surface area contributed by atoms with E-state index in [4.69, 9.17) is 9.47 Å². The molecule has 1 fully saturated rings. The molecule has 1 aliphatic heterocycles. The Morgan fingerprint density at radius 2 is 1.68 bits per heavy atom. The number of carbonyl (C=O) groups excluding carboxylic acids is 1. The van der Waals surface area contributed by atoms with Gasteiger partial charge in [-0.2, -0.15) is 0 Å².